The lowest BCUT2D eigenvalue weighted by Gasteiger charge is -2.32. The molecule has 0 fully saturated rings. The topological polar surface area (TPSA) is 18.5 Å². The van der Waals surface area contributed by atoms with Crippen LogP contribution < -0.4 is 0 Å². The quantitative estimate of drug-likeness (QED) is 0.152. The van der Waals surface area contributed by atoms with Gasteiger partial charge in [-0.1, -0.05) is 65.2 Å². The van der Waals surface area contributed by atoms with Crippen molar-refractivity contribution in [3.63, 3.8) is 0 Å². The van der Waals surface area contributed by atoms with Gasteiger partial charge in [-0.05, 0) is 26.7 Å². The van der Waals surface area contributed by atoms with Crippen LogP contribution in [0.4, 0.5) is 0 Å². The Bertz CT molecular complexity index is 294. The van der Waals surface area contributed by atoms with Gasteiger partial charge in [-0.15, -0.1) is 0 Å². The highest BCUT2D eigenvalue weighted by molar-refractivity contribution is 6.46. The van der Waals surface area contributed by atoms with Crippen LogP contribution in [0.25, 0.3) is 0 Å². The van der Waals surface area contributed by atoms with Crippen LogP contribution in [0.3, 0.4) is 0 Å². The Labute approximate surface area is 167 Å². The first-order valence-electron chi connectivity index (χ1n) is 11.5. The minimum atomic E-state index is -1.48. The van der Waals surface area contributed by atoms with Gasteiger partial charge in [0.1, 0.15) is 0 Å². The maximum atomic E-state index is 5.89. The second-order valence-corrected chi connectivity index (χ2v) is 11.2. The van der Waals surface area contributed by atoms with Gasteiger partial charge in [0.25, 0.3) is 0 Å². The number of nitrogens with zero attached hydrogens (tertiary/aromatic N) is 1. The normalized spacial score (nSPS) is 13.5. The molecule has 26 heavy (non-hydrogen) atoms. The summed E-state index contributed by atoms with van der Waals surface area (Å²) >= 11 is 0. The molecule has 0 radical (unpaired) electrons. The van der Waals surface area contributed by atoms with Crippen molar-refractivity contribution in [1.82, 2.24) is 0 Å². The van der Waals surface area contributed by atoms with Crippen molar-refractivity contribution in [2.45, 2.75) is 104 Å². The van der Waals surface area contributed by atoms with Crippen molar-refractivity contribution in [2.24, 2.45) is 0 Å². The Kier molecular flexibility index (Phi) is 17.3. The van der Waals surface area contributed by atoms with Gasteiger partial charge in [-0.2, -0.15) is 0 Å². The molecule has 3 nitrogen and oxygen atoms in total. The standard InChI is InChI=1S/C22H50NO2Si/c1-7-10-11-12-13-14-15-16-17-18-20-23(5,6)21-19-22(4)26(24-8-2)25-9-3/h22,26H,7-21H2,1-6H3/q+1. The molecule has 158 valence electrons. The molecule has 0 rings (SSSR count). The van der Waals surface area contributed by atoms with Crippen molar-refractivity contribution in [1.29, 1.82) is 0 Å². The fraction of sp³-hybridized carbons (Fsp3) is 1.00. The lowest BCUT2D eigenvalue weighted by molar-refractivity contribution is -0.890. The second kappa shape index (κ2) is 17.2. The minimum absolute atomic E-state index is 0.597. The summed E-state index contributed by atoms with van der Waals surface area (Å²) in [6, 6.07) is 0. The van der Waals surface area contributed by atoms with Gasteiger partial charge in [0.05, 0.1) is 27.2 Å². The number of hydrogen-bond donors (Lipinski definition) is 0. The van der Waals surface area contributed by atoms with Gasteiger partial charge < -0.3 is 13.3 Å². The fourth-order valence-corrected chi connectivity index (χ4v) is 5.37. The van der Waals surface area contributed by atoms with E-state index in [0.29, 0.717) is 5.54 Å². The van der Waals surface area contributed by atoms with Crippen molar-refractivity contribution < 1.29 is 13.3 Å². The highest BCUT2D eigenvalue weighted by atomic mass is 28.3. The van der Waals surface area contributed by atoms with E-state index in [1.807, 2.05) is 0 Å². The zero-order valence-corrected chi connectivity index (χ0v) is 20.2. The first kappa shape index (κ1) is 26.1. The zero-order chi connectivity index (χ0) is 19.7. The summed E-state index contributed by atoms with van der Waals surface area (Å²) in [5.41, 5.74) is 0.597. The van der Waals surface area contributed by atoms with Crippen molar-refractivity contribution in [3.8, 4) is 0 Å². The molecule has 0 N–H and O–H groups in total. The van der Waals surface area contributed by atoms with Crippen LogP contribution >= 0.6 is 0 Å². The van der Waals surface area contributed by atoms with Crippen LogP contribution in [0.2, 0.25) is 5.54 Å². The Morgan fingerprint density at radius 3 is 1.62 bits per heavy atom. The molecular weight excluding hydrogens is 338 g/mol. The van der Waals surface area contributed by atoms with Crippen molar-refractivity contribution in [2.75, 3.05) is 40.4 Å². The van der Waals surface area contributed by atoms with Crippen LogP contribution in [-0.4, -0.2) is 54.2 Å². The van der Waals surface area contributed by atoms with E-state index >= 15 is 0 Å². The Balaban J connectivity index is 3.74. The smallest absolute Gasteiger partial charge is 0.324 e. The first-order chi connectivity index (χ1) is 12.5. The van der Waals surface area contributed by atoms with Gasteiger partial charge in [0, 0.05) is 25.2 Å². The van der Waals surface area contributed by atoms with Gasteiger partial charge in [-0.25, -0.2) is 0 Å². The molecule has 0 saturated carbocycles. The van der Waals surface area contributed by atoms with Crippen LogP contribution in [0, 0.1) is 0 Å². The van der Waals surface area contributed by atoms with E-state index in [4.69, 9.17) is 8.85 Å². The molecule has 1 unspecified atom stereocenters. The van der Waals surface area contributed by atoms with E-state index in [1.54, 1.807) is 0 Å². The van der Waals surface area contributed by atoms with Crippen molar-refractivity contribution >= 4 is 9.28 Å². The van der Waals surface area contributed by atoms with Crippen LogP contribution in [0.5, 0.6) is 0 Å². The number of rotatable bonds is 19. The largest absolute Gasteiger partial charge is 0.397 e. The molecule has 1 atom stereocenters. The summed E-state index contributed by atoms with van der Waals surface area (Å²) in [7, 11) is 3.29. The van der Waals surface area contributed by atoms with E-state index in [0.717, 1.165) is 17.7 Å². The molecule has 0 aromatic carbocycles. The van der Waals surface area contributed by atoms with Gasteiger partial charge in [0.2, 0.25) is 0 Å². The maximum Gasteiger partial charge on any atom is 0.324 e. The van der Waals surface area contributed by atoms with E-state index in [-0.39, 0.29) is 0 Å². The zero-order valence-electron chi connectivity index (χ0n) is 19.0. The second-order valence-electron chi connectivity index (χ2n) is 8.61. The molecule has 0 spiro atoms. The molecule has 0 aromatic rings. The Morgan fingerprint density at radius 2 is 1.15 bits per heavy atom. The third-order valence-corrected chi connectivity index (χ3v) is 8.02. The minimum Gasteiger partial charge on any atom is -0.397 e. The lowest BCUT2D eigenvalue weighted by Crippen LogP contribution is -2.42. The summed E-state index contributed by atoms with van der Waals surface area (Å²) < 4.78 is 12.9. The molecular formula is C22H50NO2Si+. The van der Waals surface area contributed by atoms with Gasteiger partial charge in [-0.3, -0.25) is 0 Å². The lowest BCUT2D eigenvalue weighted by atomic mass is 10.1. The Hall–Kier alpha value is 0.0969. The van der Waals surface area contributed by atoms with E-state index in [1.165, 1.54) is 83.7 Å². The van der Waals surface area contributed by atoms with Crippen LogP contribution in [0.1, 0.15) is 98.3 Å². The highest BCUT2D eigenvalue weighted by Gasteiger charge is 2.24. The Morgan fingerprint density at radius 1 is 0.692 bits per heavy atom. The summed E-state index contributed by atoms with van der Waals surface area (Å²) in [4.78, 5) is 0. The molecule has 4 heteroatoms. The number of unbranched alkanes of at least 4 members (excludes halogenated alkanes) is 9. The van der Waals surface area contributed by atoms with E-state index in [2.05, 4.69) is 41.8 Å². The average Bonchev–Trinajstić information content (AvgIpc) is 2.61. The average molecular weight is 389 g/mol. The fourth-order valence-electron chi connectivity index (χ4n) is 3.53. The first-order valence-corrected chi connectivity index (χ1v) is 13.1. The summed E-state index contributed by atoms with van der Waals surface area (Å²) in [5, 5.41) is 0. The summed E-state index contributed by atoms with van der Waals surface area (Å²) in [6.07, 6.45) is 15.4. The molecule has 0 aliphatic heterocycles. The van der Waals surface area contributed by atoms with Gasteiger partial charge in [0.15, 0.2) is 0 Å². The molecule has 0 amide bonds. The summed E-state index contributed by atoms with van der Waals surface area (Å²) in [5.74, 6) is 0. The molecule has 0 aliphatic rings. The van der Waals surface area contributed by atoms with Crippen molar-refractivity contribution in [3.05, 3.63) is 0 Å². The maximum absolute atomic E-state index is 5.89. The van der Waals surface area contributed by atoms with E-state index < -0.39 is 9.28 Å². The molecule has 0 saturated heterocycles. The van der Waals surface area contributed by atoms with Gasteiger partial charge >= 0.3 is 9.28 Å². The predicted molar refractivity (Wildman–Crippen MR) is 118 cm³/mol. The van der Waals surface area contributed by atoms with Crippen LogP contribution in [-0.2, 0) is 8.85 Å². The monoisotopic (exact) mass is 388 g/mol. The molecule has 0 aromatic heterocycles. The molecule has 0 bridgehead atoms. The predicted octanol–water partition coefficient (Wildman–Crippen LogP) is 6.06. The number of quaternary nitrogens is 1. The SMILES string of the molecule is CCCCCCCCCCCC[N+](C)(C)CCC(C)[SiH](OCC)OCC. The highest BCUT2D eigenvalue weighted by Crippen LogP contribution is 2.19. The number of hydrogen-bond acceptors (Lipinski definition) is 2. The summed E-state index contributed by atoms with van der Waals surface area (Å²) in [6.45, 7) is 12.9. The van der Waals surface area contributed by atoms with Crippen LogP contribution in [0.15, 0.2) is 0 Å². The van der Waals surface area contributed by atoms with E-state index in [9.17, 15) is 0 Å². The molecule has 0 aliphatic carbocycles. The molecule has 0 heterocycles. The third kappa shape index (κ3) is 15.2. The third-order valence-electron chi connectivity index (χ3n) is 5.43.